The molecular weight excluding hydrogens is 216 g/mol. The lowest BCUT2D eigenvalue weighted by molar-refractivity contribution is 0.111. The lowest BCUT2D eigenvalue weighted by Crippen LogP contribution is -1.94. The van der Waals surface area contributed by atoms with Gasteiger partial charge in [-0.25, -0.2) is 0 Å². The summed E-state index contributed by atoms with van der Waals surface area (Å²) in [5.41, 5.74) is 0.749. The number of hydrogen-bond acceptors (Lipinski definition) is 4. The van der Waals surface area contributed by atoms with Crippen LogP contribution >= 0.6 is 11.6 Å². The SMILES string of the molecule is COc1ccc2c(Cl)c(C=O)nnc2c1. The summed E-state index contributed by atoms with van der Waals surface area (Å²) in [4.78, 5) is 10.6. The van der Waals surface area contributed by atoms with Crippen molar-refractivity contribution in [2.24, 2.45) is 0 Å². The summed E-state index contributed by atoms with van der Waals surface area (Å²) in [6.45, 7) is 0. The molecular formula is C10H7ClN2O2. The van der Waals surface area contributed by atoms with E-state index in [9.17, 15) is 4.79 Å². The van der Waals surface area contributed by atoms with Crippen LogP contribution in [0.1, 0.15) is 10.5 Å². The molecule has 0 unspecified atom stereocenters. The third-order valence-corrected chi connectivity index (χ3v) is 2.44. The fourth-order valence-electron chi connectivity index (χ4n) is 1.27. The van der Waals surface area contributed by atoms with Crippen molar-refractivity contribution in [1.29, 1.82) is 0 Å². The van der Waals surface area contributed by atoms with Crippen LogP contribution < -0.4 is 4.74 Å². The topological polar surface area (TPSA) is 52.1 Å². The van der Waals surface area contributed by atoms with Crippen LogP contribution in [0.4, 0.5) is 0 Å². The molecule has 1 aromatic carbocycles. The molecule has 0 N–H and O–H groups in total. The predicted octanol–water partition coefficient (Wildman–Crippen LogP) is 2.10. The van der Waals surface area contributed by atoms with Crippen LogP contribution in [0.25, 0.3) is 10.9 Å². The predicted molar refractivity (Wildman–Crippen MR) is 56.5 cm³/mol. The quantitative estimate of drug-likeness (QED) is 0.731. The van der Waals surface area contributed by atoms with Crippen LogP contribution in [-0.4, -0.2) is 23.6 Å². The molecule has 5 heteroatoms. The van der Waals surface area contributed by atoms with Gasteiger partial charge in [0.25, 0.3) is 0 Å². The fourth-order valence-corrected chi connectivity index (χ4v) is 1.51. The second kappa shape index (κ2) is 3.82. The molecule has 0 aliphatic carbocycles. The number of carbonyl (C=O) groups excluding carboxylic acids is 1. The number of halogens is 1. The Balaban J connectivity index is 2.73. The Morgan fingerprint density at radius 2 is 2.20 bits per heavy atom. The van der Waals surface area contributed by atoms with E-state index >= 15 is 0 Å². The van der Waals surface area contributed by atoms with Crippen LogP contribution in [0.3, 0.4) is 0 Å². The smallest absolute Gasteiger partial charge is 0.171 e. The van der Waals surface area contributed by atoms with Gasteiger partial charge >= 0.3 is 0 Å². The number of methoxy groups -OCH3 is 1. The van der Waals surface area contributed by atoms with E-state index in [0.717, 1.165) is 0 Å². The Labute approximate surface area is 90.8 Å². The minimum absolute atomic E-state index is 0.148. The standard InChI is InChI=1S/C10H7ClN2O2/c1-15-6-2-3-7-8(4-6)12-13-9(5-14)10(7)11/h2-5H,1H3. The number of fused-ring (bicyclic) bond motifs is 1. The molecule has 2 aromatic rings. The third-order valence-electron chi connectivity index (χ3n) is 2.04. The molecule has 0 amide bonds. The number of aldehydes is 1. The summed E-state index contributed by atoms with van der Waals surface area (Å²) in [5.74, 6) is 0.673. The van der Waals surface area contributed by atoms with Gasteiger partial charge in [-0.3, -0.25) is 4.79 Å². The van der Waals surface area contributed by atoms with E-state index in [0.29, 0.717) is 28.0 Å². The molecule has 0 spiro atoms. The lowest BCUT2D eigenvalue weighted by Gasteiger charge is -2.03. The molecule has 1 heterocycles. The first-order valence-corrected chi connectivity index (χ1v) is 4.59. The molecule has 0 saturated heterocycles. The van der Waals surface area contributed by atoms with E-state index in [1.165, 1.54) is 0 Å². The lowest BCUT2D eigenvalue weighted by atomic mass is 10.2. The van der Waals surface area contributed by atoms with E-state index in [1.54, 1.807) is 25.3 Å². The van der Waals surface area contributed by atoms with Gasteiger partial charge in [-0.1, -0.05) is 11.6 Å². The van der Waals surface area contributed by atoms with Crippen molar-refractivity contribution >= 4 is 28.8 Å². The number of ether oxygens (including phenoxy) is 1. The average molecular weight is 223 g/mol. The van der Waals surface area contributed by atoms with Gasteiger partial charge < -0.3 is 4.74 Å². The maximum absolute atomic E-state index is 10.6. The maximum atomic E-state index is 10.6. The van der Waals surface area contributed by atoms with Gasteiger partial charge in [0.15, 0.2) is 6.29 Å². The number of benzene rings is 1. The van der Waals surface area contributed by atoms with E-state index in [-0.39, 0.29) is 5.69 Å². The highest BCUT2D eigenvalue weighted by molar-refractivity contribution is 6.37. The molecule has 0 saturated carbocycles. The zero-order chi connectivity index (χ0) is 10.8. The summed E-state index contributed by atoms with van der Waals surface area (Å²) < 4.78 is 5.04. The van der Waals surface area contributed by atoms with Gasteiger partial charge in [0.05, 0.1) is 17.6 Å². The van der Waals surface area contributed by atoms with E-state index in [4.69, 9.17) is 16.3 Å². The molecule has 0 atom stereocenters. The van der Waals surface area contributed by atoms with Crippen molar-refractivity contribution in [2.45, 2.75) is 0 Å². The second-order valence-corrected chi connectivity index (χ2v) is 3.28. The summed E-state index contributed by atoms with van der Waals surface area (Å²) in [6, 6.07) is 5.21. The Kier molecular flexibility index (Phi) is 2.51. The Bertz CT molecular complexity index is 528. The van der Waals surface area contributed by atoms with Crippen LogP contribution in [0.5, 0.6) is 5.75 Å². The molecule has 0 fully saturated rings. The highest BCUT2D eigenvalue weighted by Crippen LogP contribution is 2.26. The van der Waals surface area contributed by atoms with Crippen molar-refractivity contribution < 1.29 is 9.53 Å². The normalized spacial score (nSPS) is 10.3. The summed E-state index contributed by atoms with van der Waals surface area (Å²) in [7, 11) is 1.57. The third kappa shape index (κ3) is 1.64. The molecule has 0 radical (unpaired) electrons. The molecule has 0 aliphatic heterocycles. The fraction of sp³-hybridized carbons (Fsp3) is 0.100. The van der Waals surface area contributed by atoms with Crippen molar-refractivity contribution in [1.82, 2.24) is 10.2 Å². The summed E-state index contributed by atoms with van der Waals surface area (Å²) in [5, 5.41) is 8.58. The summed E-state index contributed by atoms with van der Waals surface area (Å²) >= 11 is 5.96. The van der Waals surface area contributed by atoms with E-state index in [2.05, 4.69) is 10.2 Å². The molecule has 15 heavy (non-hydrogen) atoms. The van der Waals surface area contributed by atoms with E-state index < -0.39 is 0 Å². The first-order chi connectivity index (χ1) is 7.26. The first kappa shape index (κ1) is 9.86. The molecule has 76 valence electrons. The van der Waals surface area contributed by atoms with E-state index in [1.807, 2.05) is 0 Å². The number of carbonyl (C=O) groups is 1. The molecule has 0 bridgehead atoms. The van der Waals surface area contributed by atoms with Crippen molar-refractivity contribution in [3.8, 4) is 5.75 Å². The number of hydrogen-bond donors (Lipinski definition) is 0. The van der Waals surface area contributed by atoms with Crippen LogP contribution in [-0.2, 0) is 0 Å². The Morgan fingerprint density at radius 3 is 2.87 bits per heavy atom. The van der Waals surface area contributed by atoms with Gasteiger partial charge in [0.2, 0.25) is 0 Å². The molecule has 4 nitrogen and oxygen atoms in total. The minimum atomic E-state index is 0.148. The van der Waals surface area contributed by atoms with Gasteiger partial charge in [-0.05, 0) is 12.1 Å². The first-order valence-electron chi connectivity index (χ1n) is 4.21. The van der Waals surface area contributed by atoms with Crippen molar-refractivity contribution in [2.75, 3.05) is 7.11 Å². The van der Waals surface area contributed by atoms with Crippen LogP contribution in [0.2, 0.25) is 5.02 Å². The number of aromatic nitrogens is 2. The maximum Gasteiger partial charge on any atom is 0.171 e. The average Bonchev–Trinajstić information content (AvgIpc) is 2.29. The molecule has 2 rings (SSSR count). The monoisotopic (exact) mass is 222 g/mol. The second-order valence-electron chi connectivity index (χ2n) is 2.90. The van der Waals surface area contributed by atoms with Gasteiger partial charge in [0, 0.05) is 11.5 Å². The van der Waals surface area contributed by atoms with Crippen molar-refractivity contribution in [3.05, 3.63) is 28.9 Å². The van der Waals surface area contributed by atoms with Crippen LogP contribution in [0, 0.1) is 0 Å². The largest absolute Gasteiger partial charge is 0.497 e. The van der Waals surface area contributed by atoms with Crippen LogP contribution in [0.15, 0.2) is 18.2 Å². The Morgan fingerprint density at radius 1 is 1.40 bits per heavy atom. The van der Waals surface area contributed by atoms with Crippen molar-refractivity contribution in [3.63, 3.8) is 0 Å². The summed E-state index contributed by atoms with van der Waals surface area (Å²) in [6.07, 6.45) is 0.582. The van der Waals surface area contributed by atoms with Gasteiger partial charge in [-0.2, -0.15) is 0 Å². The zero-order valence-corrected chi connectivity index (χ0v) is 8.65. The van der Waals surface area contributed by atoms with Gasteiger partial charge in [0.1, 0.15) is 11.4 Å². The Hall–Kier alpha value is -1.68. The molecule has 1 aromatic heterocycles. The zero-order valence-electron chi connectivity index (χ0n) is 7.90. The highest BCUT2D eigenvalue weighted by Gasteiger charge is 2.08. The minimum Gasteiger partial charge on any atom is -0.497 e. The highest BCUT2D eigenvalue weighted by atomic mass is 35.5. The molecule has 0 aliphatic rings. The number of nitrogens with zero attached hydrogens (tertiary/aromatic N) is 2. The number of rotatable bonds is 2. The van der Waals surface area contributed by atoms with Gasteiger partial charge in [-0.15, -0.1) is 10.2 Å².